The van der Waals surface area contributed by atoms with E-state index < -0.39 is 52.8 Å². The molecule has 0 spiro atoms. The molecule has 6 bridgehead atoms. The molecule has 5 heterocycles. The molecule has 16 heteroatoms. The Morgan fingerprint density at radius 2 is 1.82 bits per heavy atom. The van der Waals surface area contributed by atoms with Crippen LogP contribution in [0.3, 0.4) is 0 Å². The van der Waals surface area contributed by atoms with Crippen molar-refractivity contribution in [3.8, 4) is 16.9 Å². The first kappa shape index (κ1) is 48.4. The van der Waals surface area contributed by atoms with Crippen LogP contribution in [-0.4, -0.2) is 138 Å². The first-order valence-corrected chi connectivity index (χ1v) is 23.3. The number of carbonyl (C=O) groups excluding carboxylic acids is 5. The highest BCUT2D eigenvalue weighted by Gasteiger charge is 2.47. The largest absolute Gasteiger partial charge is 0.508 e. The normalized spacial score (nSPS) is 23.0. The maximum absolute atomic E-state index is 14.7. The van der Waals surface area contributed by atoms with E-state index in [0.29, 0.717) is 37.9 Å². The molecule has 7 rings (SSSR count). The van der Waals surface area contributed by atoms with Crippen LogP contribution in [0.5, 0.6) is 5.75 Å². The number of benzene rings is 2. The average molecular weight is 909 g/mol. The molecule has 4 N–H and O–H groups in total. The summed E-state index contributed by atoms with van der Waals surface area (Å²) in [5.41, 5.74) is 9.28. The maximum atomic E-state index is 14.7. The summed E-state index contributed by atoms with van der Waals surface area (Å²) < 4.78 is 14.3. The van der Waals surface area contributed by atoms with Crippen LogP contribution >= 0.6 is 0 Å². The zero-order chi connectivity index (χ0) is 47.8. The van der Waals surface area contributed by atoms with Gasteiger partial charge in [-0.1, -0.05) is 39.8 Å². The van der Waals surface area contributed by atoms with Crippen LogP contribution in [0.25, 0.3) is 27.6 Å². The lowest BCUT2D eigenvalue weighted by Crippen LogP contribution is -2.62. The van der Waals surface area contributed by atoms with E-state index in [4.69, 9.17) is 14.5 Å². The van der Waals surface area contributed by atoms with Gasteiger partial charge in [0, 0.05) is 75.4 Å². The molecule has 2 saturated heterocycles. The van der Waals surface area contributed by atoms with Crippen LogP contribution < -0.4 is 16.1 Å². The smallest absolute Gasteiger partial charge is 0.324 e. The minimum Gasteiger partial charge on any atom is -0.508 e. The second-order valence-electron chi connectivity index (χ2n) is 19.9. The van der Waals surface area contributed by atoms with E-state index in [9.17, 15) is 29.1 Å². The third kappa shape index (κ3) is 10.1. The molecule has 16 nitrogen and oxygen atoms in total. The number of carbonyl (C=O) groups is 5. The van der Waals surface area contributed by atoms with E-state index in [0.717, 1.165) is 57.4 Å². The number of allylic oxidation sites excluding steroid dienone is 1. The summed E-state index contributed by atoms with van der Waals surface area (Å²) in [6, 6.07) is 8.51. The number of rotatable bonds is 11. The zero-order valence-electron chi connectivity index (χ0n) is 40.2. The number of aryl methyl sites for hydroxylation is 1. The first-order valence-electron chi connectivity index (χ1n) is 23.3. The predicted octanol–water partition coefficient (Wildman–Crippen LogP) is 4.60. The number of phenols is 1. The lowest BCUT2D eigenvalue weighted by Gasteiger charge is -2.37. The van der Waals surface area contributed by atoms with Gasteiger partial charge in [-0.05, 0) is 105 Å². The summed E-state index contributed by atoms with van der Waals surface area (Å²) in [5, 5.41) is 19.7. The van der Waals surface area contributed by atoms with Crippen molar-refractivity contribution >= 4 is 52.3 Å². The highest BCUT2D eigenvalue weighted by atomic mass is 16.5. The number of amides is 4. The van der Waals surface area contributed by atoms with Gasteiger partial charge in [0.1, 0.15) is 29.4 Å². The van der Waals surface area contributed by atoms with Gasteiger partial charge in [-0.25, -0.2) is 5.43 Å². The number of hydrogen-bond donors (Lipinski definition) is 4. The van der Waals surface area contributed by atoms with Gasteiger partial charge < -0.3 is 39.6 Å². The Morgan fingerprint density at radius 1 is 1.08 bits per heavy atom. The van der Waals surface area contributed by atoms with Crippen molar-refractivity contribution in [3.63, 3.8) is 0 Å². The third-order valence-corrected chi connectivity index (χ3v) is 13.5. The molecule has 4 aliphatic heterocycles. The van der Waals surface area contributed by atoms with Crippen LogP contribution in [-0.2, 0) is 52.8 Å². The van der Waals surface area contributed by atoms with E-state index >= 15 is 0 Å². The molecule has 1 aromatic heterocycles. The lowest BCUT2D eigenvalue weighted by atomic mass is 9.83. The number of ether oxygens (including phenoxy) is 2. The van der Waals surface area contributed by atoms with Crippen LogP contribution in [0.4, 0.5) is 0 Å². The van der Waals surface area contributed by atoms with E-state index in [1.807, 2.05) is 39.1 Å². The zero-order valence-corrected chi connectivity index (χ0v) is 40.2. The molecular formula is C50H68N8O8. The number of nitrogens with one attached hydrogen (secondary N) is 3. The molecule has 0 saturated carbocycles. The van der Waals surface area contributed by atoms with E-state index in [1.54, 1.807) is 33.2 Å². The van der Waals surface area contributed by atoms with Crippen molar-refractivity contribution in [1.82, 2.24) is 35.4 Å². The number of esters is 1. The third-order valence-electron chi connectivity index (χ3n) is 13.5. The quantitative estimate of drug-likeness (QED) is 0.156. The molecule has 5 atom stereocenters. The Bertz CT molecular complexity index is 2450. The number of fused-ring (bicyclic) bond motifs is 6. The molecular weight excluding hydrogens is 841 g/mol. The van der Waals surface area contributed by atoms with Gasteiger partial charge in [0.2, 0.25) is 17.7 Å². The summed E-state index contributed by atoms with van der Waals surface area (Å²) in [6.45, 7) is 15.1. The average Bonchev–Trinajstić information content (AvgIpc) is 3.98. The summed E-state index contributed by atoms with van der Waals surface area (Å²) in [4.78, 5) is 77.2. The fraction of sp³-hybridized carbons (Fsp3) is 0.560. The monoisotopic (exact) mass is 909 g/mol. The van der Waals surface area contributed by atoms with Crippen molar-refractivity contribution in [1.29, 1.82) is 0 Å². The number of aliphatic imine (C=N–C) groups is 1. The van der Waals surface area contributed by atoms with E-state index in [-0.39, 0.29) is 49.8 Å². The minimum absolute atomic E-state index is 0.00987. The number of cyclic esters (lactones) is 1. The van der Waals surface area contributed by atoms with Crippen LogP contribution in [0.15, 0.2) is 47.1 Å². The molecule has 2 fully saturated rings. The molecule has 3 aromatic rings. The molecule has 4 amide bonds. The lowest BCUT2D eigenvalue weighted by molar-refractivity contribution is -0.155. The molecule has 0 radical (unpaired) electrons. The number of likely N-dealkylation sites (N-methyl/N-ethyl adjacent to an activating group) is 2. The molecule has 356 valence electrons. The van der Waals surface area contributed by atoms with Gasteiger partial charge in [0.15, 0.2) is 0 Å². The summed E-state index contributed by atoms with van der Waals surface area (Å²) in [5.74, 6) is -2.56. The highest BCUT2D eigenvalue weighted by Crippen LogP contribution is 2.42. The summed E-state index contributed by atoms with van der Waals surface area (Å²) >= 11 is 0. The second kappa shape index (κ2) is 19.3. The molecule has 0 unspecified atom stereocenters. The van der Waals surface area contributed by atoms with Crippen LogP contribution in [0.1, 0.15) is 91.0 Å². The maximum Gasteiger partial charge on any atom is 0.324 e. The van der Waals surface area contributed by atoms with E-state index in [1.165, 1.54) is 21.9 Å². The van der Waals surface area contributed by atoms with Gasteiger partial charge in [0.05, 0.1) is 30.6 Å². The molecule has 66 heavy (non-hydrogen) atoms. The number of phenolic OH excluding ortho intramolecular Hbond substituents is 1. The molecule has 0 aliphatic carbocycles. The Hall–Kier alpha value is -5.58. The van der Waals surface area contributed by atoms with Gasteiger partial charge in [0.25, 0.3) is 5.91 Å². The molecule has 4 aliphatic rings. The summed E-state index contributed by atoms with van der Waals surface area (Å²) in [6.07, 6.45) is 4.80. The topological polar surface area (TPSA) is 197 Å². The number of hydrazine groups is 1. The number of methoxy groups -OCH3 is 1. The van der Waals surface area contributed by atoms with Crippen molar-refractivity contribution in [3.05, 3.63) is 58.9 Å². The number of hydrogen-bond acceptors (Lipinski definition) is 11. The van der Waals surface area contributed by atoms with Crippen molar-refractivity contribution < 1.29 is 38.6 Å². The standard InChI is InChI=1S/C50H68N8O8/c1-11-57-40-17-16-32-24-36(40)37(44(57)35-14-12-18-51-42(35)30(4)65-10)25-49(5,6)28-66-47(63)38-15-13-19-58(54-38)46(62)39(22-31-20-33(32)23-34(59)21-31)53-45(61)43(29(2)3)56(9)41(60)26-55(8)48(64)50(7)27-52-50/h16-18,20-21,23-24,29-30,38-39,43,52,54,59H,11-15,19,22,25-28H2,1-10H3,(H,53,61)/t30-,38-,39-,43-,50-/m0/s1. The van der Waals surface area contributed by atoms with Crippen LogP contribution in [0, 0.1) is 11.3 Å². The van der Waals surface area contributed by atoms with Crippen LogP contribution in [0.2, 0.25) is 0 Å². The number of aromatic nitrogens is 1. The molecule has 2 aromatic carbocycles. The Labute approximate surface area is 388 Å². The van der Waals surface area contributed by atoms with Gasteiger partial charge in [-0.2, -0.15) is 0 Å². The Balaban J connectivity index is 1.30. The van der Waals surface area contributed by atoms with Gasteiger partial charge >= 0.3 is 5.97 Å². The number of aromatic hydroxyl groups is 1. The minimum atomic E-state index is -1.17. The summed E-state index contributed by atoms with van der Waals surface area (Å²) in [7, 11) is 4.78. The predicted molar refractivity (Wildman–Crippen MR) is 253 cm³/mol. The fourth-order valence-corrected chi connectivity index (χ4v) is 9.76. The first-order chi connectivity index (χ1) is 31.2. The van der Waals surface area contributed by atoms with Crippen molar-refractivity contribution in [2.45, 2.75) is 123 Å². The van der Waals surface area contributed by atoms with E-state index in [2.05, 4.69) is 53.5 Å². The van der Waals surface area contributed by atoms with Gasteiger partial charge in [-0.15, -0.1) is 0 Å². The number of nitrogens with zero attached hydrogens (tertiary/aromatic N) is 5. The Morgan fingerprint density at radius 3 is 2.50 bits per heavy atom. The SMILES string of the molecule is CCn1c(C2=C([C@H](C)OC)N=CCC2)c2c3cc(ccc31)-c1cc(O)cc(c1)C[C@H](NC(=O)[C@H](C(C)C)N(C)C(=O)CN(C)C(=O)[C@]1(C)CN1)C(=O)N1CCC[C@H](N1)C(=O)OCC(C)(C)C2. The van der Waals surface area contributed by atoms with Crippen molar-refractivity contribution in [2.75, 3.05) is 47.4 Å². The Kier molecular flexibility index (Phi) is 14.2. The van der Waals surface area contributed by atoms with Gasteiger partial charge in [-0.3, -0.25) is 34.0 Å². The van der Waals surface area contributed by atoms with Crippen molar-refractivity contribution in [2.24, 2.45) is 16.3 Å². The highest BCUT2D eigenvalue weighted by molar-refractivity contribution is 5.97. The second-order valence-corrected chi connectivity index (χ2v) is 19.9. The fourth-order valence-electron chi connectivity index (χ4n) is 9.76.